The number of nitrogens with zero attached hydrogens (tertiary/aromatic N) is 1. The van der Waals surface area contributed by atoms with E-state index in [1.165, 1.54) is 5.56 Å². The number of rotatable bonds is 3. The summed E-state index contributed by atoms with van der Waals surface area (Å²) < 4.78 is 0. The predicted molar refractivity (Wildman–Crippen MR) is 78.5 cm³/mol. The van der Waals surface area contributed by atoms with Crippen molar-refractivity contribution in [2.24, 2.45) is 0 Å². The number of aryl methyl sites for hydroxylation is 1. The zero-order chi connectivity index (χ0) is 14.4. The molecule has 3 rings (SSSR count). The van der Waals surface area contributed by atoms with Gasteiger partial charge in [0.1, 0.15) is 0 Å². The molecule has 1 aromatic carbocycles. The van der Waals surface area contributed by atoms with Crippen LogP contribution in [0.5, 0.6) is 0 Å². The van der Waals surface area contributed by atoms with Crippen molar-refractivity contribution in [3.8, 4) is 0 Å². The maximum Gasteiger partial charge on any atom is 0.233 e. The van der Waals surface area contributed by atoms with E-state index in [0.717, 1.165) is 24.8 Å². The SMILES string of the molecule is CCC1(O)CN(C(=O)C2(c3cccc(C)c3)CCC2)C1. The molecule has 1 saturated heterocycles. The van der Waals surface area contributed by atoms with E-state index in [-0.39, 0.29) is 11.3 Å². The lowest BCUT2D eigenvalue weighted by Gasteiger charge is -2.52. The summed E-state index contributed by atoms with van der Waals surface area (Å²) in [4.78, 5) is 14.7. The standard InChI is InChI=1S/C17H23NO2/c1-3-16(20)11-18(12-16)15(19)17(8-5-9-17)14-7-4-6-13(2)10-14/h4,6-7,10,20H,3,5,8-9,11-12H2,1-2H3. The fraction of sp³-hybridized carbons (Fsp3) is 0.588. The largest absolute Gasteiger partial charge is 0.386 e. The minimum atomic E-state index is -0.646. The number of amides is 1. The Labute approximate surface area is 120 Å². The monoisotopic (exact) mass is 273 g/mol. The molecule has 20 heavy (non-hydrogen) atoms. The summed E-state index contributed by atoms with van der Waals surface area (Å²) in [5, 5.41) is 10.1. The average Bonchev–Trinajstić information content (AvgIpc) is 2.33. The molecular formula is C17H23NO2. The maximum atomic E-state index is 12.9. The molecular weight excluding hydrogens is 250 g/mol. The Morgan fingerprint density at radius 3 is 2.55 bits per heavy atom. The Balaban J connectivity index is 1.82. The Hall–Kier alpha value is -1.35. The fourth-order valence-corrected chi connectivity index (χ4v) is 3.43. The van der Waals surface area contributed by atoms with Gasteiger partial charge < -0.3 is 10.0 Å². The smallest absolute Gasteiger partial charge is 0.233 e. The third-order valence-corrected chi connectivity index (χ3v) is 5.10. The summed E-state index contributed by atoms with van der Waals surface area (Å²) in [6.07, 6.45) is 3.71. The van der Waals surface area contributed by atoms with E-state index in [2.05, 4.69) is 25.1 Å². The quantitative estimate of drug-likeness (QED) is 0.918. The van der Waals surface area contributed by atoms with Crippen LogP contribution in [-0.4, -0.2) is 34.6 Å². The molecule has 1 aromatic rings. The van der Waals surface area contributed by atoms with Crippen molar-refractivity contribution in [3.05, 3.63) is 35.4 Å². The molecule has 1 saturated carbocycles. The van der Waals surface area contributed by atoms with E-state index < -0.39 is 5.60 Å². The van der Waals surface area contributed by atoms with Gasteiger partial charge in [-0.1, -0.05) is 43.2 Å². The second-order valence-corrected chi connectivity index (χ2v) is 6.54. The lowest BCUT2D eigenvalue weighted by Crippen LogP contribution is -2.67. The molecule has 1 aliphatic heterocycles. The number of hydrogen-bond acceptors (Lipinski definition) is 2. The molecule has 1 heterocycles. The molecule has 0 atom stereocenters. The number of aliphatic hydroxyl groups is 1. The molecule has 0 spiro atoms. The third-order valence-electron chi connectivity index (χ3n) is 5.10. The van der Waals surface area contributed by atoms with E-state index in [1.54, 1.807) is 0 Å². The summed E-state index contributed by atoms with van der Waals surface area (Å²) in [5.74, 6) is 0.215. The molecule has 3 heteroatoms. The van der Waals surface area contributed by atoms with Crippen molar-refractivity contribution < 1.29 is 9.90 Å². The topological polar surface area (TPSA) is 40.5 Å². The lowest BCUT2D eigenvalue weighted by atomic mass is 9.62. The van der Waals surface area contributed by atoms with Gasteiger partial charge in [-0.25, -0.2) is 0 Å². The first kappa shape index (κ1) is 13.6. The van der Waals surface area contributed by atoms with Gasteiger partial charge in [0.15, 0.2) is 0 Å². The van der Waals surface area contributed by atoms with E-state index >= 15 is 0 Å². The van der Waals surface area contributed by atoms with Crippen LogP contribution in [0.2, 0.25) is 0 Å². The molecule has 0 unspecified atom stereocenters. The molecule has 3 nitrogen and oxygen atoms in total. The zero-order valence-corrected chi connectivity index (χ0v) is 12.4. The van der Waals surface area contributed by atoms with Gasteiger partial charge >= 0.3 is 0 Å². The van der Waals surface area contributed by atoms with E-state index in [9.17, 15) is 9.90 Å². The number of β-amino-alcohol motifs (C(OH)–C–C–N with tert-alkyl or cyclic N) is 1. The predicted octanol–water partition coefficient (Wildman–Crippen LogP) is 2.40. The van der Waals surface area contributed by atoms with Crippen LogP contribution in [0.1, 0.15) is 43.7 Å². The van der Waals surface area contributed by atoms with Crippen molar-refractivity contribution in [1.82, 2.24) is 4.90 Å². The highest BCUT2D eigenvalue weighted by atomic mass is 16.3. The zero-order valence-electron chi connectivity index (χ0n) is 12.4. The van der Waals surface area contributed by atoms with E-state index in [4.69, 9.17) is 0 Å². The molecule has 0 bridgehead atoms. The number of likely N-dealkylation sites (tertiary alicyclic amines) is 1. The second kappa shape index (κ2) is 4.59. The molecule has 108 valence electrons. The van der Waals surface area contributed by atoms with Crippen molar-refractivity contribution in [2.75, 3.05) is 13.1 Å². The van der Waals surface area contributed by atoms with Crippen molar-refractivity contribution in [1.29, 1.82) is 0 Å². The molecule has 2 aliphatic rings. The molecule has 0 radical (unpaired) electrons. The summed E-state index contributed by atoms with van der Waals surface area (Å²) >= 11 is 0. The van der Waals surface area contributed by atoms with Crippen LogP contribution in [-0.2, 0) is 10.2 Å². The van der Waals surface area contributed by atoms with Gasteiger partial charge in [-0.05, 0) is 31.7 Å². The van der Waals surface area contributed by atoms with Gasteiger partial charge in [0.05, 0.1) is 24.1 Å². The highest BCUT2D eigenvalue weighted by molar-refractivity contribution is 5.90. The van der Waals surface area contributed by atoms with Crippen LogP contribution in [0.3, 0.4) is 0 Å². The first-order valence-corrected chi connectivity index (χ1v) is 7.58. The molecule has 0 aromatic heterocycles. The summed E-state index contributed by atoms with van der Waals surface area (Å²) in [6.45, 7) is 5.03. The highest BCUT2D eigenvalue weighted by Crippen LogP contribution is 2.46. The van der Waals surface area contributed by atoms with Gasteiger partial charge in [-0.15, -0.1) is 0 Å². The number of hydrogen-bond donors (Lipinski definition) is 1. The van der Waals surface area contributed by atoms with Crippen LogP contribution < -0.4 is 0 Å². The maximum absolute atomic E-state index is 12.9. The van der Waals surface area contributed by atoms with Crippen LogP contribution in [0, 0.1) is 6.92 Å². The minimum Gasteiger partial charge on any atom is -0.386 e. The van der Waals surface area contributed by atoms with E-state index in [0.29, 0.717) is 19.5 Å². The van der Waals surface area contributed by atoms with Gasteiger partial charge in [-0.2, -0.15) is 0 Å². The van der Waals surface area contributed by atoms with Crippen molar-refractivity contribution >= 4 is 5.91 Å². The van der Waals surface area contributed by atoms with Crippen LogP contribution in [0.25, 0.3) is 0 Å². The number of carbonyl (C=O) groups excluding carboxylic acids is 1. The number of carbonyl (C=O) groups is 1. The first-order chi connectivity index (χ1) is 9.49. The third kappa shape index (κ3) is 1.96. The molecule has 1 aliphatic carbocycles. The Kier molecular flexibility index (Phi) is 3.13. The second-order valence-electron chi connectivity index (χ2n) is 6.54. The van der Waals surface area contributed by atoms with Gasteiger partial charge in [-0.3, -0.25) is 4.79 Å². The Morgan fingerprint density at radius 2 is 2.05 bits per heavy atom. The van der Waals surface area contributed by atoms with Gasteiger partial charge in [0, 0.05) is 0 Å². The Morgan fingerprint density at radius 1 is 1.35 bits per heavy atom. The number of benzene rings is 1. The molecule has 1 amide bonds. The summed E-state index contributed by atoms with van der Waals surface area (Å²) in [6, 6.07) is 8.33. The minimum absolute atomic E-state index is 0.215. The van der Waals surface area contributed by atoms with Crippen molar-refractivity contribution in [3.63, 3.8) is 0 Å². The summed E-state index contributed by atoms with van der Waals surface area (Å²) in [7, 11) is 0. The highest BCUT2D eigenvalue weighted by Gasteiger charge is 2.52. The van der Waals surface area contributed by atoms with Crippen LogP contribution in [0.15, 0.2) is 24.3 Å². The Bertz CT molecular complexity index is 528. The van der Waals surface area contributed by atoms with Gasteiger partial charge in [0.2, 0.25) is 5.91 Å². The molecule has 1 N–H and O–H groups in total. The normalized spacial score (nSPS) is 22.9. The van der Waals surface area contributed by atoms with Crippen molar-refractivity contribution in [2.45, 2.75) is 50.5 Å². The average molecular weight is 273 g/mol. The summed E-state index contributed by atoms with van der Waals surface area (Å²) in [5.41, 5.74) is 1.39. The van der Waals surface area contributed by atoms with Crippen LogP contribution >= 0.6 is 0 Å². The molecule has 2 fully saturated rings. The first-order valence-electron chi connectivity index (χ1n) is 7.58. The van der Waals surface area contributed by atoms with E-state index in [1.807, 2.05) is 17.9 Å². The van der Waals surface area contributed by atoms with Crippen LogP contribution in [0.4, 0.5) is 0 Å². The van der Waals surface area contributed by atoms with Gasteiger partial charge in [0.25, 0.3) is 0 Å². The lowest BCUT2D eigenvalue weighted by molar-refractivity contribution is -0.165. The fourth-order valence-electron chi connectivity index (χ4n) is 3.43.